The van der Waals surface area contributed by atoms with Crippen molar-refractivity contribution in [3.63, 3.8) is 0 Å². The molecule has 0 aliphatic carbocycles. The first-order valence-corrected chi connectivity index (χ1v) is 25.6. The molecule has 2 heterocycles. The van der Waals surface area contributed by atoms with Gasteiger partial charge in [0.1, 0.15) is 30.5 Å². The molecule has 5 N–H and O–H groups in total. The van der Waals surface area contributed by atoms with E-state index in [1.54, 1.807) is 6.92 Å². The molecular weight excluding hydrogens is 900 g/mol. The van der Waals surface area contributed by atoms with Gasteiger partial charge in [-0.2, -0.15) is 0 Å². The zero-order valence-corrected chi connectivity index (χ0v) is 44.2. The molecule has 2 aliphatic rings. The molecular formula is C49H91NaO16S. The van der Waals surface area contributed by atoms with Crippen LogP contribution in [-0.2, 0) is 46.8 Å². The van der Waals surface area contributed by atoms with E-state index in [-0.39, 0.29) is 67.2 Å². The van der Waals surface area contributed by atoms with Crippen molar-refractivity contribution in [1.82, 2.24) is 0 Å². The van der Waals surface area contributed by atoms with E-state index in [1.807, 2.05) is 13.0 Å². The van der Waals surface area contributed by atoms with Crippen molar-refractivity contribution < 1.29 is 107 Å². The summed E-state index contributed by atoms with van der Waals surface area (Å²) < 4.78 is 38.6. The van der Waals surface area contributed by atoms with Gasteiger partial charge < -0.3 is 54.5 Å². The van der Waals surface area contributed by atoms with Crippen LogP contribution in [-0.4, -0.2) is 112 Å². The van der Waals surface area contributed by atoms with E-state index < -0.39 is 86.6 Å². The Morgan fingerprint density at radius 2 is 1.15 bits per heavy atom. The molecule has 2 saturated heterocycles. The van der Waals surface area contributed by atoms with Crippen LogP contribution in [0.5, 0.6) is 0 Å². The van der Waals surface area contributed by atoms with Crippen LogP contribution in [0.4, 0.5) is 0 Å². The maximum absolute atomic E-state index is 13.7. The van der Waals surface area contributed by atoms with E-state index in [2.05, 4.69) is 37.1 Å². The molecule has 2 fully saturated rings. The first kappa shape index (κ1) is 66.6. The molecule has 0 saturated carbocycles. The molecule has 390 valence electrons. The Bertz CT molecular complexity index is 1270. The Morgan fingerprint density at radius 1 is 0.657 bits per heavy atom. The third-order valence-corrected chi connectivity index (χ3v) is 13.0. The number of esters is 2. The van der Waals surface area contributed by atoms with Crippen LogP contribution in [0.2, 0.25) is 0 Å². The second-order valence-corrected chi connectivity index (χ2v) is 19.2. The maximum Gasteiger partial charge on any atom is 1.00 e. The third-order valence-electron chi connectivity index (χ3n) is 12.6. The number of rotatable bonds is 37. The Hall–Kier alpha value is -0.450. The minimum Gasteiger partial charge on any atom is -0.691 e. The first-order valence-electron chi connectivity index (χ1n) is 24.9. The summed E-state index contributed by atoms with van der Waals surface area (Å²) in [6.07, 6.45) is 11.7. The van der Waals surface area contributed by atoms with Gasteiger partial charge in [0.05, 0.1) is 13.2 Å². The summed E-state index contributed by atoms with van der Waals surface area (Å²) in [6, 6.07) is 0. The fourth-order valence-electron chi connectivity index (χ4n) is 8.97. The number of carbonyl (C=O) groups excluding carboxylic acids is 2. The molecule has 0 amide bonds. The maximum atomic E-state index is 13.7. The van der Waals surface area contributed by atoms with Crippen LogP contribution in [0, 0.1) is 17.8 Å². The van der Waals surface area contributed by atoms with E-state index in [1.165, 1.54) is 96.3 Å². The van der Waals surface area contributed by atoms with E-state index in [0.29, 0.717) is 18.3 Å². The van der Waals surface area contributed by atoms with Gasteiger partial charge in [-0.05, 0) is 43.9 Å². The van der Waals surface area contributed by atoms with Gasteiger partial charge in [-0.3, -0.25) is 14.0 Å². The number of hydrogen-bond acceptors (Lipinski definition) is 17. The van der Waals surface area contributed by atoms with Gasteiger partial charge in [0.2, 0.25) is 6.29 Å². The molecule has 0 spiro atoms. The largest absolute Gasteiger partial charge is 1.00 e. The molecule has 0 bridgehead atoms. The molecule has 16 nitrogen and oxygen atoms in total. The van der Waals surface area contributed by atoms with Gasteiger partial charge in [0.25, 0.3) is 0 Å². The second-order valence-electron chi connectivity index (χ2n) is 18.7. The summed E-state index contributed by atoms with van der Waals surface area (Å²) in [5.41, 5.74) is 0.266. The summed E-state index contributed by atoms with van der Waals surface area (Å²) >= 11 is -0.00630. The number of carbonyl (C=O) groups is 2. The second kappa shape index (κ2) is 40.1. The quantitative estimate of drug-likeness (QED) is 0.0105. The standard InChI is InChI=1S/C48H88O16S.CH4.Na/c1-7-9-11-13-14-15-16-17-18-19-20-21-23-24-26-33(3)28-34(4)29-35(5)30-36(6)46(55)60-43-41(53)38(32-50)58-48(45(43)59-39(51)27-25-22-12-10-8-2)61-47-44(62-65-64-63-56)42(54)40(52)37(31-49)57-47;;/h30,33-35,37-38,40-45,47-50,52-54,56H,7-29,31-32H2,1-6H3;1H4;/q;;+1/p-1/b36-30+;;/t33-,34-,35-,37?,38?,40?,41?,42?,43?,44?,45?,47?,48?;;/m0../s1. The van der Waals surface area contributed by atoms with Gasteiger partial charge in [0.15, 0.2) is 36.9 Å². The average molecular weight is 991 g/mol. The summed E-state index contributed by atoms with van der Waals surface area (Å²) in [5.74, 6) is -0.477. The van der Waals surface area contributed by atoms with Crippen molar-refractivity contribution in [3.8, 4) is 0 Å². The Labute approximate surface area is 429 Å². The van der Waals surface area contributed by atoms with E-state index in [9.17, 15) is 40.4 Å². The van der Waals surface area contributed by atoms with E-state index in [0.717, 1.165) is 38.5 Å². The first-order chi connectivity index (χ1) is 31.3. The van der Waals surface area contributed by atoms with Crippen LogP contribution in [0.3, 0.4) is 0 Å². The Morgan fingerprint density at radius 3 is 1.67 bits per heavy atom. The van der Waals surface area contributed by atoms with Crippen LogP contribution in [0.1, 0.15) is 197 Å². The van der Waals surface area contributed by atoms with Gasteiger partial charge in [-0.1, -0.05) is 170 Å². The zero-order valence-electron chi connectivity index (χ0n) is 41.4. The van der Waals surface area contributed by atoms with Crippen molar-refractivity contribution in [2.45, 2.75) is 258 Å². The number of aliphatic hydroxyl groups is 5. The summed E-state index contributed by atoms with van der Waals surface area (Å²) in [7, 11) is 0. The van der Waals surface area contributed by atoms with Gasteiger partial charge in [-0.25, -0.2) is 4.79 Å². The van der Waals surface area contributed by atoms with E-state index in [4.69, 9.17) is 27.9 Å². The van der Waals surface area contributed by atoms with Crippen LogP contribution in [0.25, 0.3) is 0 Å². The third kappa shape index (κ3) is 26.7. The van der Waals surface area contributed by atoms with Gasteiger partial charge in [0, 0.05) is 12.0 Å². The zero-order chi connectivity index (χ0) is 48.0. The fourth-order valence-corrected chi connectivity index (χ4v) is 9.32. The predicted octanol–water partition coefficient (Wildman–Crippen LogP) is 5.02. The number of unbranched alkanes of at least 4 members (excludes halogenated alkanes) is 17. The number of aliphatic hydroxyl groups excluding tert-OH is 5. The summed E-state index contributed by atoms with van der Waals surface area (Å²) in [6.45, 7) is 11.0. The molecule has 0 aromatic rings. The molecule has 0 aromatic carbocycles. The predicted molar refractivity (Wildman–Crippen MR) is 251 cm³/mol. The monoisotopic (exact) mass is 991 g/mol. The van der Waals surface area contributed by atoms with Crippen LogP contribution >= 0.6 is 12.3 Å². The number of ether oxygens (including phenoxy) is 5. The Balaban J connectivity index is 0.0000218. The van der Waals surface area contributed by atoms with Crippen molar-refractivity contribution in [3.05, 3.63) is 11.6 Å². The van der Waals surface area contributed by atoms with Crippen LogP contribution in [0.15, 0.2) is 11.6 Å². The molecule has 2 aliphatic heterocycles. The van der Waals surface area contributed by atoms with Gasteiger partial charge in [-0.15, -0.1) is 4.33 Å². The van der Waals surface area contributed by atoms with Crippen LogP contribution < -0.4 is 34.8 Å². The minimum absolute atomic E-state index is 0. The Kier molecular flexibility index (Phi) is 39.8. The van der Waals surface area contributed by atoms with Gasteiger partial charge >= 0.3 is 41.5 Å². The summed E-state index contributed by atoms with van der Waals surface area (Å²) in [4.78, 5) is 27.0. The minimum atomic E-state index is -1.79. The summed E-state index contributed by atoms with van der Waals surface area (Å²) in [5, 5.41) is 66.5. The molecule has 0 radical (unpaired) electrons. The smallest absolute Gasteiger partial charge is 0.691 e. The van der Waals surface area contributed by atoms with Crippen molar-refractivity contribution in [2.24, 2.45) is 17.8 Å². The SMILES string of the molecule is C.CCCCCCCCCCCCCCCC[C@H](C)C[C@H](C)C[C@H](C)/C=C(\C)C(=O)OC1C(O)C(CO)OC(OC2OC(CO)C(O)C(O)C2OSOO[O-])C1OC(=O)CCCCCCC.[Na+]. The van der Waals surface area contributed by atoms with Crippen molar-refractivity contribution >= 4 is 24.3 Å². The van der Waals surface area contributed by atoms with Crippen molar-refractivity contribution in [2.75, 3.05) is 13.2 Å². The average Bonchev–Trinajstić information content (AvgIpc) is 3.27. The normalized spacial score (nSPS) is 26.8. The molecule has 13 atom stereocenters. The topological polar surface area (TPSA) is 232 Å². The molecule has 67 heavy (non-hydrogen) atoms. The molecule has 2 rings (SSSR count). The van der Waals surface area contributed by atoms with E-state index >= 15 is 0 Å². The molecule has 18 heteroatoms. The van der Waals surface area contributed by atoms with Crippen molar-refractivity contribution in [1.29, 1.82) is 0 Å². The number of allylic oxidation sites excluding steroid dienone is 1. The fraction of sp³-hybridized carbons (Fsp3) is 0.918. The molecule has 0 aromatic heterocycles. The number of hydrogen-bond donors (Lipinski definition) is 5. The molecule has 10 unspecified atom stereocenters.